The molecule has 1 heterocycles. The first kappa shape index (κ1) is 12.3. The third-order valence-electron chi connectivity index (χ3n) is 2.45. The molecule has 0 aliphatic heterocycles. The molecule has 1 aromatic carbocycles. The van der Waals surface area contributed by atoms with Crippen LogP contribution in [-0.4, -0.2) is 9.97 Å². The maximum atomic E-state index is 13.1. The molecule has 0 amide bonds. The number of benzene rings is 1. The molecular formula is C13H14FN3O. The molecular weight excluding hydrogens is 233 g/mol. The van der Waals surface area contributed by atoms with E-state index >= 15 is 0 Å². The first-order chi connectivity index (χ1) is 8.58. The maximum Gasteiger partial charge on any atom is 0.224 e. The van der Waals surface area contributed by atoms with Crippen LogP contribution in [0.2, 0.25) is 0 Å². The molecule has 0 saturated heterocycles. The van der Waals surface area contributed by atoms with Gasteiger partial charge in [-0.25, -0.2) is 9.37 Å². The predicted molar refractivity (Wildman–Crippen MR) is 67.0 cm³/mol. The highest BCUT2D eigenvalue weighted by atomic mass is 19.1. The number of hydrogen-bond acceptors (Lipinski definition) is 4. The highest BCUT2D eigenvalue weighted by Crippen LogP contribution is 2.25. The molecule has 0 unspecified atom stereocenters. The van der Waals surface area contributed by atoms with Crippen LogP contribution in [0.25, 0.3) is 0 Å². The van der Waals surface area contributed by atoms with E-state index in [1.807, 2.05) is 13.8 Å². The number of nitrogens with two attached hydrogens (primary N) is 1. The summed E-state index contributed by atoms with van der Waals surface area (Å²) in [7, 11) is 0. The summed E-state index contributed by atoms with van der Waals surface area (Å²) in [5.41, 5.74) is 6.48. The maximum absolute atomic E-state index is 13.1. The number of aryl methyl sites for hydroxylation is 2. The molecule has 18 heavy (non-hydrogen) atoms. The molecule has 4 nitrogen and oxygen atoms in total. The second kappa shape index (κ2) is 5.00. The van der Waals surface area contributed by atoms with E-state index in [0.717, 1.165) is 5.56 Å². The van der Waals surface area contributed by atoms with E-state index in [1.165, 1.54) is 18.2 Å². The lowest BCUT2D eigenvalue weighted by atomic mass is 10.2. The Kier molecular flexibility index (Phi) is 3.41. The first-order valence-corrected chi connectivity index (χ1v) is 5.66. The van der Waals surface area contributed by atoms with Crippen LogP contribution >= 0.6 is 0 Å². The van der Waals surface area contributed by atoms with Gasteiger partial charge in [-0.3, -0.25) is 0 Å². The predicted octanol–water partition coefficient (Wildman–Crippen LogP) is 2.86. The van der Waals surface area contributed by atoms with E-state index in [4.69, 9.17) is 10.5 Å². The van der Waals surface area contributed by atoms with Crippen molar-refractivity contribution in [3.63, 3.8) is 0 Å². The molecule has 0 aliphatic rings. The fourth-order valence-electron chi connectivity index (χ4n) is 1.50. The molecule has 0 atom stereocenters. The van der Waals surface area contributed by atoms with E-state index in [1.54, 1.807) is 6.07 Å². The minimum absolute atomic E-state index is 0.327. The summed E-state index contributed by atoms with van der Waals surface area (Å²) in [5.74, 6) is 1.33. The molecule has 2 rings (SSSR count). The number of hydrogen-bond donors (Lipinski definition) is 1. The van der Waals surface area contributed by atoms with Crippen LogP contribution in [0.1, 0.15) is 18.3 Å². The molecule has 1 aromatic heterocycles. The van der Waals surface area contributed by atoms with Gasteiger partial charge < -0.3 is 10.5 Å². The van der Waals surface area contributed by atoms with Gasteiger partial charge in [0.1, 0.15) is 23.2 Å². The van der Waals surface area contributed by atoms with Gasteiger partial charge in [-0.05, 0) is 18.6 Å². The molecule has 5 heteroatoms. The average Bonchev–Trinajstić information content (AvgIpc) is 2.33. The number of anilines is 1. The van der Waals surface area contributed by atoms with Crippen LogP contribution in [-0.2, 0) is 6.42 Å². The van der Waals surface area contributed by atoms with Crippen LogP contribution in [0.3, 0.4) is 0 Å². The van der Waals surface area contributed by atoms with Crippen molar-refractivity contribution in [1.29, 1.82) is 0 Å². The van der Waals surface area contributed by atoms with Gasteiger partial charge in [-0.2, -0.15) is 4.98 Å². The minimum Gasteiger partial charge on any atom is -0.438 e. The molecule has 0 spiro atoms. The lowest BCUT2D eigenvalue weighted by Crippen LogP contribution is -2.01. The summed E-state index contributed by atoms with van der Waals surface area (Å²) in [5, 5.41) is 0. The largest absolute Gasteiger partial charge is 0.438 e. The van der Waals surface area contributed by atoms with Gasteiger partial charge in [0.15, 0.2) is 0 Å². The molecule has 0 aliphatic carbocycles. The van der Waals surface area contributed by atoms with Crippen molar-refractivity contribution in [3.8, 4) is 11.6 Å². The first-order valence-electron chi connectivity index (χ1n) is 5.66. The topological polar surface area (TPSA) is 61.0 Å². The second-order valence-corrected chi connectivity index (χ2v) is 3.91. The zero-order valence-corrected chi connectivity index (χ0v) is 10.3. The fourth-order valence-corrected chi connectivity index (χ4v) is 1.50. The number of halogens is 1. The summed E-state index contributed by atoms with van der Waals surface area (Å²) in [6.07, 6.45) is 0.656. The number of nitrogens with zero attached hydrogens (tertiary/aromatic N) is 2. The van der Waals surface area contributed by atoms with Crippen LogP contribution in [0.15, 0.2) is 24.3 Å². The number of aromatic nitrogens is 2. The van der Waals surface area contributed by atoms with Crippen LogP contribution < -0.4 is 10.5 Å². The molecule has 0 bridgehead atoms. The van der Waals surface area contributed by atoms with Gasteiger partial charge in [0.05, 0.1) is 0 Å². The molecule has 2 aromatic rings. The lowest BCUT2D eigenvalue weighted by molar-refractivity contribution is 0.451. The van der Waals surface area contributed by atoms with Gasteiger partial charge in [0, 0.05) is 18.6 Å². The normalized spacial score (nSPS) is 10.4. The monoisotopic (exact) mass is 247 g/mol. The van der Waals surface area contributed by atoms with E-state index in [2.05, 4.69) is 9.97 Å². The van der Waals surface area contributed by atoms with Crippen molar-refractivity contribution in [3.05, 3.63) is 41.5 Å². The summed E-state index contributed by atoms with van der Waals surface area (Å²) in [6, 6.07) is 5.87. The van der Waals surface area contributed by atoms with Gasteiger partial charge in [0.2, 0.25) is 5.88 Å². The number of rotatable bonds is 3. The fraction of sp³-hybridized carbons (Fsp3) is 0.231. The quantitative estimate of drug-likeness (QED) is 0.905. The summed E-state index contributed by atoms with van der Waals surface area (Å²) < 4.78 is 18.7. The van der Waals surface area contributed by atoms with Crippen LogP contribution in [0, 0.1) is 12.7 Å². The van der Waals surface area contributed by atoms with Gasteiger partial charge in [-0.1, -0.05) is 13.0 Å². The Balaban J connectivity index is 2.33. The lowest BCUT2D eigenvalue weighted by Gasteiger charge is -2.09. The highest BCUT2D eigenvalue weighted by Gasteiger charge is 2.07. The third-order valence-corrected chi connectivity index (χ3v) is 2.45. The number of ether oxygens (including phenoxy) is 1. The smallest absolute Gasteiger partial charge is 0.224 e. The molecule has 94 valence electrons. The third kappa shape index (κ3) is 2.74. The van der Waals surface area contributed by atoms with Gasteiger partial charge in [0.25, 0.3) is 0 Å². The Morgan fingerprint density at radius 2 is 2.06 bits per heavy atom. The summed E-state index contributed by atoms with van der Waals surface area (Å²) in [4.78, 5) is 8.23. The molecule has 0 saturated carbocycles. The van der Waals surface area contributed by atoms with E-state index in [0.29, 0.717) is 29.7 Å². The van der Waals surface area contributed by atoms with E-state index < -0.39 is 0 Å². The zero-order chi connectivity index (χ0) is 13.1. The number of nitrogen functional groups attached to an aromatic ring is 1. The summed E-state index contributed by atoms with van der Waals surface area (Å²) >= 11 is 0. The average molecular weight is 247 g/mol. The van der Waals surface area contributed by atoms with Gasteiger partial charge in [-0.15, -0.1) is 0 Å². The van der Waals surface area contributed by atoms with Crippen molar-refractivity contribution in [2.24, 2.45) is 0 Å². The Morgan fingerprint density at radius 3 is 2.78 bits per heavy atom. The Hall–Kier alpha value is -2.17. The Morgan fingerprint density at radius 1 is 1.28 bits per heavy atom. The van der Waals surface area contributed by atoms with Crippen molar-refractivity contribution in [2.75, 3.05) is 5.73 Å². The van der Waals surface area contributed by atoms with Crippen molar-refractivity contribution in [1.82, 2.24) is 9.97 Å². The van der Waals surface area contributed by atoms with Gasteiger partial charge >= 0.3 is 0 Å². The SMILES string of the molecule is CCc1nc(N)cc(Oc2cc(F)ccc2C)n1. The summed E-state index contributed by atoms with van der Waals surface area (Å²) in [6.45, 7) is 3.76. The molecule has 0 fully saturated rings. The standard InChI is InChI=1S/C13H14FN3O/c1-3-12-16-11(15)7-13(17-12)18-10-6-9(14)5-4-8(10)2/h4-7H,3H2,1-2H3,(H2,15,16,17). The van der Waals surface area contributed by atoms with Crippen LogP contribution in [0.4, 0.5) is 10.2 Å². The van der Waals surface area contributed by atoms with Crippen LogP contribution in [0.5, 0.6) is 11.6 Å². The molecule has 2 N–H and O–H groups in total. The van der Waals surface area contributed by atoms with Crippen molar-refractivity contribution >= 4 is 5.82 Å². The van der Waals surface area contributed by atoms with E-state index in [-0.39, 0.29) is 5.82 Å². The second-order valence-electron chi connectivity index (χ2n) is 3.91. The molecule has 0 radical (unpaired) electrons. The Bertz CT molecular complexity index is 572. The van der Waals surface area contributed by atoms with Crippen molar-refractivity contribution in [2.45, 2.75) is 20.3 Å². The minimum atomic E-state index is -0.353. The zero-order valence-electron chi connectivity index (χ0n) is 10.3. The Labute approximate surface area is 105 Å². The highest BCUT2D eigenvalue weighted by molar-refractivity contribution is 5.39. The van der Waals surface area contributed by atoms with E-state index in [9.17, 15) is 4.39 Å². The van der Waals surface area contributed by atoms with Crippen molar-refractivity contribution < 1.29 is 9.13 Å².